The quantitative estimate of drug-likeness (QED) is 0.0197. The summed E-state index contributed by atoms with van der Waals surface area (Å²) in [5, 5.41) is 27.2. The number of aromatic hydroxyl groups is 3. The SMILES string of the molecule is C.C.C.C.CCC(C)(C)C(=O)OC(C)c1ccccc1.CCC(C)c1ccc(O)cc1.CCC(C)c1ccc(O)cc1.CCC(C)c1ccc(OC(C)OC2CCCCC2)cc1.CCC(C)c1ccc(OC(C)OCCOc2c(-c3ccccc3)cccc2-c2ccccc2)cc1.CCC(C)c1cccc(O)c1.CCC(C)c1cccc(OC(C)OC2CCCCC2)c1.CCC(C)c1ccccc1. The molecule has 2 aliphatic carbocycles. The molecule has 13 rings (SSSR count). The van der Waals surface area contributed by atoms with E-state index in [1.165, 1.54) is 116 Å². The Balaban J connectivity index is 0.000000553. The molecule has 0 amide bonds. The maximum absolute atomic E-state index is 11.9. The van der Waals surface area contributed by atoms with Crippen LogP contribution in [-0.2, 0) is 23.7 Å². The van der Waals surface area contributed by atoms with Crippen LogP contribution in [0.4, 0.5) is 0 Å². The molecule has 0 radical (unpaired) electrons. The molecule has 0 saturated heterocycles. The van der Waals surface area contributed by atoms with Gasteiger partial charge >= 0.3 is 5.97 Å². The van der Waals surface area contributed by atoms with Crippen LogP contribution in [0.5, 0.6) is 40.2 Å². The summed E-state index contributed by atoms with van der Waals surface area (Å²) in [6, 6.07) is 94.8. The van der Waals surface area contributed by atoms with Crippen molar-refractivity contribution in [1.82, 2.24) is 0 Å². The Morgan fingerprint density at radius 2 is 0.616 bits per heavy atom. The molecule has 0 aromatic heterocycles. The molecule has 2 aliphatic rings. The first-order chi connectivity index (χ1) is 64.5. The molecule has 11 aromatic carbocycles. The van der Waals surface area contributed by atoms with Crippen molar-refractivity contribution in [2.24, 2.45) is 5.41 Å². The van der Waals surface area contributed by atoms with Crippen LogP contribution in [0.25, 0.3) is 22.3 Å². The molecule has 11 unspecified atom stereocenters. The van der Waals surface area contributed by atoms with Gasteiger partial charge in [-0.05, 0) is 288 Å². The molecule has 2 saturated carbocycles. The lowest BCUT2D eigenvalue weighted by Crippen LogP contribution is -2.26. The van der Waals surface area contributed by atoms with Crippen LogP contribution in [0.1, 0.15) is 383 Å². The number of hydrogen-bond donors (Lipinski definition) is 3. The van der Waals surface area contributed by atoms with Crippen LogP contribution in [0.15, 0.2) is 285 Å². The fourth-order valence-electron chi connectivity index (χ4n) is 15.1. The summed E-state index contributed by atoms with van der Waals surface area (Å²) in [6.45, 7) is 45.3. The summed E-state index contributed by atoms with van der Waals surface area (Å²) in [7, 11) is 0. The number of phenolic OH excluding ortho intramolecular Hbond substituents is 3. The maximum Gasteiger partial charge on any atom is 0.312 e. The van der Waals surface area contributed by atoms with E-state index in [0.29, 0.717) is 84.1 Å². The topological polar surface area (TPSA) is 152 Å². The Bertz CT molecular complexity index is 4750. The molecule has 0 bridgehead atoms. The largest absolute Gasteiger partial charge is 0.508 e. The van der Waals surface area contributed by atoms with Crippen LogP contribution >= 0.6 is 0 Å². The first kappa shape index (κ1) is 123. The summed E-state index contributed by atoms with van der Waals surface area (Å²) in [5.41, 5.74) is 14.3. The standard InChI is InChI=1S/C32H34O3.2C18H28O2.C14H20O2.3C10H14O.C10H14.4CH4/c1-4-24(2)26-18-20-29(21-19-26)35-25(3)33-22-23-34-32-30(27-12-7-5-8-13-27)16-11-17-31(32)28-14-9-6-10-15-28;1-4-14(2)16-9-8-12-18(13-16)20-15(3)19-17-10-6-5-7-11-17;1-4-14(2)16-10-12-18(13-11-16)20-15(3)19-17-8-6-5-7-9-17;1-5-14(3,4)13(15)16-11(2)12-9-7-6-8-10-12;2*1-3-8(2)9-4-6-10(11)7-5-9;1-3-8(2)9-5-4-6-10(11)7-9;1-3-9(2)10-7-5-4-6-8-10;;;;/h5-21,24-25H,4,22-23H2,1-3H3;8-9,12-15,17H,4-7,10-11H2,1-3H3;10-15,17H,4-9H2,1-3H3;6-11H,5H2,1-4H3;3*4-8,11H,3H2,1-2H3;4-9H,3H2,1-2H3;4*1H4. The van der Waals surface area contributed by atoms with E-state index < -0.39 is 5.41 Å². The second kappa shape index (κ2) is 69.2. The lowest BCUT2D eigenvalue weighted by atomic mass is 9.90. The molecule has 2 fully saturated rings. The second-order valence-corrected chi connectivity index (χ2v) is 36.7. The first-order valence-electron chi connectivity index (χ1n) is 50.3. The number of rotatable bonds is 35. The van der Waals surface area contributed by atoms with Crippen LogP contribution in [0.3, 0.4) is 0 Å². The highest BCUT2D eigenvalue weighted by Gasteiger charge is 2.29. The highest BCUT2D eigenvalue weighted by molar-refractivity contribution is 5.82. The predicted molar refractivity (Wildman–Crippen MR) is 588 cm³/mol. The normalized spacial score (nSPS) is 14.4. The molecular formula is C126H182O12. The molecule has 11 aromatic rings. The Kier molecular flexibility index (Phi) is 61.9. The average molecular weight is 1890 g/mol. The Labute approximate surface area is 838 Å². The van der Waals surface area contributed by atoms with Crippen molar-refractivity contribution >= 4 is 5.97 Å². The molecule has 12 heteroatoms. The van der Waals surface area contributed by atoms with E-state index in [0.717, 1.165) is 89.3 Å². The van der Waals surface area contributed by atoms with E-state index in [1.54, 1.807) is 30.3 Å². The van der Waals surface area contributed by atoms with Gasteiger partial charge in [0.2, 0.25) is 0 Å². The van der Waals surface area contributed by atoms with E-state index in [4.69, 9.17) is 53.2 Å². The van der Waals surface area contributed by atoms with Gasteiger partial charge in [-0.1, -0.05) is 384 Å². The number of benzene rings is 11. The van der Waals surface area contributed by atoms with Gasteiger partial charge in [0.05, 0.1) is 24.2 Å². The van der Waals surface area contributed by atoms with E-state index in [9.17, 15) is 4.79 Å². The first-order valence-corrected chi connectivity index (χ1v) is 50.3. The average Bonchev–Trinajstić information content (AvgIpc) is 0.798. The monoisotopic (exact) mass is 1890 g/mol. The number of carbonyl (C=O) groups excluding carboxylic acids is 1. The van der Waals surface area contributed by atoms with Gasteiger partial charge in [0.1, 0.15) is 53.0 Å². The van der Waals surface area contributed by atoms with E-state index in [-0.39, 0.29) is 60.6 Å². The van der Waals surface area contributed by atoms with Crippen molar-refractivity contribution in [3.05, 3.63) is 330 Å². The molecule has 3 N–H and O–H groups in total. The van der Waals surface area contributed by atoms with E-state index >= 15 is 0 Å². The van der Waals surface area contributed by atoms with Crippen LogP contribution < -0.4 is 18.9 Å². The van der Waals surface area contributed by atoms with Gasteiger partial charge in [0.25, 0.3) is 0 Å². The van der Waals surface area contributed by atoms with Crippen molar-refractivity contribution in [3.8, 4) is 62.5 Å². The summed E-state index contributed by atoms with van der Waals surface area (Å²) < 4.78 is 47.4. The van der Waals surface area contributed by atoms with Crippen molar-refractivity contribution in [1.29, 1.82) is 0 Å². The molecule has 138 heavy (non-hydrogen) atoms. The smallest absolute Gasteiger partial charge is 0.312 e. The van der Waals surface area contributed by atoms with Gasteiger partial charge in [-0.3, -0.25) is 4.79 Å². The molecule has 758 valence electrons. The number of para-hydroxylation sites is 1. The van der Waals surface area contributed by atoms with Gasteiger partial charge < -0.3 is 53.2 Å². The van der Waals surface area contributed by atoms with Gasteiger partial charge in [-0.25, -0.2) is 0 Å². The van der Waals surface area contributed by atoms with Crippen LogP contribution in [-0.4, -0.2) is 65.6 Å². The highest BCUT2D eigenvalue weighted by Crippen LogP contribution is 2.40. The number of ether oxygens (including phenoxy) is 8. The van der Waals surface area contributed by atoms with Crippen LogP contribution in [0, 0.1) is 5.41 Å². The zero-order chi connectivity index (χ0) is 97.6. The predicted octanol–water partition coefficient (Wildman–Crippen LogP) is 37.1. The van der Waals surface area contributed by atoms with Crippen molar-refractivity contribution < 1.29 is 58.0 Å². The Morgan fingerprint density at radius 3 is 0.978 bits per heavy atom. The van der Waals surface area contributed by atoms with Crippen molar-refractivity contribution in [2.45, 2.75) is 369 Å². The van der Waals surface area contributed by atoms with Gasteiger partial charge in [-0.2, -0.15) is 0 Å². The zero-order valence-corrected chi connectivity index (χ0v) is 85.3. The van der Waals surface area contributed by atoms with Gasteiger partial charge in [-0.15, -0.1) is 0 Å². The number of phenols is 3. The summed E-state index contributed by atoms with van der Waals surface area (Å²) in [6.07, 6.45) is 21.4. The number of hydrogen-bond acceptors (Lipinski definition) is 12. The molecular weight excluding hydrogens is 1710 g/mol. The maximum atomic E-state index is 11.9. The summed E-state index contributed by atoms with van der Waals surface area (Å²) in [4.78, 5) is 11.9. The minimum atomic E-state index is -0.400. The molecule has 0 spiro atoms. The third-order valence-electron chi connectivity index (χ3n) is 26.0. The van der Waals surface area contributed by atoms with E-state index in [1.807, 2.05) is 176 Å². The minimum Gasteiger partial charge on any atom is -0.508 e. The van der Waals surface area contributed by atoms with Gasteiger partial charge in [0.15, 0.2) is 18.9 Å². The zero-order valence-electron chi connectivity index (χ0n) is 85.3. The molecule has 0 aliphatic heterocycles. The Hall–Kier alpha value is -10.6. The third kappa shape index (κ3) is 46.0. The summed E-state index contributed by atoms with van der Waals surface area (Å²) in [5.74, 6) is 8.60. The van der Waals surface area contributed by atoms with Crippen molar-refractivity contribution in [3.63, 3.8) is 0 Å². The number of esters is 1. The minimum absolute atomic E-state index is 0. The highest BCUT2D eigenvalue weighted by atomic mass is 16.7. The van der Waals surface area contributed by atoms with E-state index in [2.05, 4.69) is 224 Å². The molecule has 0 heterocycles. The fraction of sp³-hybridized carbons (Fsp3) is 0.468. The van der Waals surface area contributed by atoms with Crippen LogP contribution in [0.2, 0.25) is 0 Å². The lowest BCUT2D eigenvalue weighted by Gasteiger charge is -2.26. The van der Waals surface area contributed by atoms with Crippen molar-refractivity contribution in [2.75, 3.05) is 13.2 Å². The summed E-state index contributed by atoms with van der Waals surface area (Å²) >= 11 is 0. The molecule has 12 nitrogen and oxygen atoms in total. The third-order valence-corrected chi connectivity index (χ3v) is 26.0. The lowest BCUT2D eigenvalue weighted by molar-refractivity contribution is -0.159. The van der Waals surface area contributed by atoms with Gasteiger partial charge in [0, 0.05) is 11.1 Å². The second-order valence-electron chi connectivity index (χ2n) is 36.7. The Morgan fingerprint density at radius 1 is 0.312 bits per heavy atom. The molecule has 11 atom stereocenters. The number of carbonyl (C=O) groups is 1. The fourth-order valence-corrected chi connectivity index (χ4v) is 15.1.